The molecular formula is C25H25N3O3S. The number of nitrogens with one attached hydrogen (secondary N) is 1. The summed E-state index contributed by atoms with van der Waals surface area (Å²) in [5, 5.41) is 3.09. The number of hydrogen-bond donors (Lipinski definition) is 1. The highest BCUT2D eigenvalue weighted by atomic mass is 32.2. The Bertz CT molecular complexity index is 1360. The van der Waals surface area contributed by atoms with Gasteiger partial charge in [-0.25, -0.2) is 13.4 Å². The number of hydrogen-bond acceptors (Lipinski definition) is 4. The highest BCUT2D eigenvalue weighted by Crippen LogP contribution is 2.22. The maximum absolute atomic E-state index is 12.9. The summed E-state index contributed by atoms with van der Waals surface area (Å²) in [5.74, 6) is -0.153. The van der Waals surface area contributed by atoms with Gasteiger partial charge in [-0.05, 0) is 41.8 Å². The molecule has 0 spiro atoms. The van der Waals surface area contributed by atoms with E-state index in [0.717, 1.165) is 17.5 Å². The van der Waals surface area contributed by atoms with Gasteiger partial charge in [-0.1, -0.05) is 55.5 Å². The molecule has 0 saturated heterocycles. The molecule has 4 rings (SSSR count). The third-order valence-corrected chi connectivity index (χ3v) is 6.71. The summed E-state index contributed by atoms with van der Waals surface area (Å²) in [6.45, 7) is 2.41. The van der Waals surface area contributed by atoms with E-state index in [0.29, 0.717) is 28.1 Å². The zero-order valence-corrected chi connectivity index (χ0v) is 18.8. The minimum absolute atomic E-state index is 0.0653. The molecule has 1 aromatic heterocycles. The van der Waals surface area contributed by atoms with Crippen LogP contribution in [0.2, 0.25) is 0 Å². The molecule has 7 heteroatoms. The number of nitrogens with zero attached hydrogens (tertiary/aromatic N) is 2. The maximum Gasteiger partial charge on any atom is 0.251 e. The van der Waals surface area contributed by atoms with E-state index in [2.05, 4.69) is 10.3 Å². The molecule has 1 N–H and O–H groups in total. The highest BCUT2D eigenvalue weighted by Gasteiger charge is 2.17. The van der Waals surface area contributed by atoms with E-state index in [1.165, 1.54) is 6.26 Å². The van der Waals surface area contributed by atoms with Gasteiger partial charge in [0.1, 0.15) is 0 Å². The van der Waals surface area contributed by atoms with Crippen LogP contribution in [0.5, 0.6) is 0 Å². The molecule has 4 aromatic rings. The number of fused-ring (bicyclic) bond motifs is 1. The zero-order chi connectivity index (χ0) is 22.7. The number of carbonyl (C=O) groups is 1. The van der Waals surface area contributed by atoms with Crippen LogP contribution in [0.3, 0.4) is 0 Å². The normalized spacial score (nSPS) is 12.6. The van der Waals surface area contributed by atoms with Gasteiger partial charge in [0, 0.05) is 11.8 Å². The lowest BCUT2D eigenvalue weighted by Crippen LogP contribution is -2.28. The van der Waals surface area contributed by atoms with Crippen molar-refractivity contribution < 1.29 is 13.2 Å². The Hall–Kier alpha value is -3.45. The average Bonchev–Trinajstić information content (AvgIpc) is 3.19. The SMILES string of the molecule is CC[C@@H](NC(=O)c1ccc2c(c1)ncn2Cc1ccccc1S(C)(=O)=O)c1ccccc1. The third kappa shape index (κ3) is 4.57. The summed E-state index contributed by atoms with van der Waals surface area (Å²) in [6, 6.07) is 22.2. The van der Waals surface area contributed by atoms with Crippen LogP contribution in [-0.4, -0.2) is 30.1 Å². The van der Waals surface area contributed by atoms with E-state index in [1.807, 2.05) is 54.0 Å². The Morgan fingerprint density at radius 1 is 1.03 bits per heavy atom. The van der Waals surface area contributed by atoms with Crippen molar-refractivity contribution in [3.05, 3.63) is 95.8 Å². The molecule has 1 heterocycles. The van der Waals surface area contributed by atoms with Crippen molar-refractivity contribution in [2.45, 2.75) is 30.8 Å². The van der Waals surface area contributed by atoms with Crippen molar-refractivity contribution in [1.82, 2.24) is 14.9 Å². The van der Waals surface area contributed by atoms with Gasteiger partial charge in [-0.2, -0.15) is 0 Å². The summed E-state index contributed by atoms with van der Waals surface area (Å²) < 4.78 is 26.1. The van der Waals surface area contributed by atoms with Crippen LogP contribution in [0.15, 0.2) is 84.0 Å². The average molecular weight is 448 g/mol. The number of rotatable bonds is 7. The fraction of sp³-hybridized carbons (Fsp3) is 0.200. The van der Waals surface area contributed by atoms with Gasteiger partial charge in [0.05, 0.1) is 34.8 Å². The Morgan fingerprint density at radius 2 is 1.75 bits per heavy atom. The number of carbonyl (C=O) groups excluding carboxylic acids is 1. The van der Waals surface area contributed by atoms with Crippen LogP contribution in [0.1, 0.15) is 40.9 Å². The minimum Gasteiger partial charge on any atom is -0.345 e. The van der Waals surface area contributed by atoms with Crippen molar-refractivity contribution in [2.75, 3.05) is 6.26 Å². The Labute approximate surface area is 187 Å². The standard InChI is InChI=1S/C25H25N3O3S/c1-3-21(18-9-5-4-6-10-18)27-25(29)19-13-14-23-22(15-19)26-17-28(23)16-20-11-7-8-12-24(20)32(2,30)31/h4-15,17,21H,3,16H2,1-2H3,(H,27,29)/t21-/m1/s1. The van der Waals surface area contributed by atoms with Crippen molar-refractivity contribution in [1.29, 1.82) is 0 Å². The Morgan fingerprint density at radius 3 is 2.47 bits per heavy atom. The first-order valence-electron chi connectivity index (χ1n) is 10.5. The molecule has 1 amide bonds. The summed E-state index contributed by atoms with van der Waals surface area (Å²) in [4.78, 5) is 17.6. The summed E-state index contributed by atoms with van der Waals surface area (Å²) >= 11 is 0. The smallest absolute Gasteiger partial charge is 0.251 e. The van der Waals surface area contributed by atoms with Crippen LogP contribution in [0.25, 0.3) is 11.0 Å². The molecule has 0 radical (unpaired) electrons. The van der Waals surface area contributed by atoms with Crippen molar-refractivity contribution in [2.24, 2.45) is 0 Å². The molecular weight excluding hydrogens is 422 g/mol. The molecule has 32 heavy (non-hydrogen) atoms. The van der Waals surface area contributed by atoms with Crippen molar-refractivity contribution in [3.63, 3.8) is 0 Å². The van der Waals surface area contributed by atoms with Crippen LogP contribution in [-0.2, 0) is 16.4 Å². The Kier molecular flexibility index (Phi) is 6.10. The lowest BCUT2D eigenvalue weighted by Gasteiger charge is -2.17. The summed E-state index contributed by atoms with van der Waals surface area (Å²) in [7, 11) is -3.33. The summed E-state index contributed by atoms with van der Waals surface area (Å²) in [6.07, 6.45) is 3.67. The third-order valence-electron chi connectivity index (χ3n) is 5.51. The van der Waals surface area contributed by atoms with Crippen LogP contribution in [0.4, 0.5) is 0 Å². The second-order valence-electron chi connectivity index (χ2n) is 7.80. The molecule has 1 atom stereocenters. The van der Waals surface area contributed by atoms with Gasteiger partial charge in [-0.3, -0.25) is 4.79 Å². The topological polar surface area (TPSA) is 81.1 Å². The van der Waals surface area contributed by atoms with Gasteiger partial charge in [0.25, 0.3) is 5.91 Å². The summed E-state index contributed by atoms with van der Waals surface area (Å²) in [5.41, 5.74) is 3.82. The van der Waals surface area contributed by atoms with Gasteiger partial charge in [0.2, 0.25) is 0 Å². The lowest BCUT2D eigenvalue weighted by atomic mass is 10.0. The molecule has 3 aromatic carbocycles. The van der Waals surface area contributed by atoms with E-state index < -0.39 is 9.84 Å². The number of amides is 1. The molecule has 0 unspecified atom stereocenters. The molecule has 0 aliphatic heterocycles. The molecule has 0 bridgehead atoms. The lowest BCUT2D eigenvalue weighted by molar-refractivity contribution is 0.0935. The first kappa shape index (κ1) is 21.8. The number of sulfone groups is 1. The monoisotopic (exact) mass is 447 g/mol. The molecule has 0 saturated carbocycles. The Balaban J connectivity index is 1.58. The first-order chi connectivity index (χ1) is 15.4. The van der Waals surface area contributed by atoms with Gasteiger partial charge in [0.15, 0.2) is 9.84 Å². The first-order valence-corrected chi connectivity index (χ1v) is 12.3. The van der Waals surface area contributed by atoms with E-state index in [4.69, 9.17) is 0 Å². The quantitative estimate of drug-likeness (QED) is 0.456. The van der Waals surface area contributed by atoms with Gasteiger partial charge >= 0.3 is 0 Å². The minimum atomic E-state index is -3.33. The molecule has 0 fully saturated rings. The van der Waals surface area contributed by atoms with Gasteiger partial charge in [-0.15, -0.1) is 0 Å². The molecule has 164 valence electrons. The van der Waals surface area contributed by atoms with Crippen molar-refractivity contribution in [3.8, 4) is 0 Å². The van der Waals surface area contributed by atoms with E-state index in [1.54, 1.807) is 36.7 Å². The van der Waals surface area contributed by atoms with Crippen LogP contribution >= 0.6 is 0 Å². The van der Waals surface area contributed by atoms with Crippen molar-refractivity contribution >= 4 is 26.8 Å². The van der Waals surface area contributed by atoms with E-state index in [-0.39, 0.29) is 11.9 Å². The zero-order valence-electron chi connectivity index (χ0n) is 18.0. The number of aromatic nitrogens is 2. The number of imidazole rings is 1. The predicted octanol–water partition coefficient (Wildman–Crippen LogP) is 4.37. The molecule has 0 aliphatic carbocycles. The number of benzene rings is 3. The fourth-order valence-corrected chi connectivity index (χ4v) is 4.79. The van der Waals surface area contributed by atoms with E-state index >= 15 is 0 Å². The maximum atomic E-state index is 12.9. The predicted molar refractivity (Wildman–Crippen MR) is 125 cm³/mol. The second-order valence-corrected chi connectivity index (χ2v) is 9.78. The van der Waals surface area contributed by atoms with Crippen LogP contribution < -0.4 is 5.32 Å². The second kappa shape index (κ2) is 8.96. The largest absolute Gasteiger partial charge is 0.345 e. The van der Waals surface area contributed by atoms with E-state index in [9.17, 15) is 13.2 Å². The van der Waals surface area contributed by atoms with Crippen LogP contribution in [0, 0.1) is 0 Å². The molecule has 0 aliphatic rings. The fourth-order valence-electron chi connectivity index (χ4n) is 3.86. The molecule has 6 nitrogen and oxygen atoms in total. The highest BCUT2D eigenvalue weighted by molar-refractivity contribution is 7.90. The van der Waals surface area contributed by atoms with Gasteiger partial charge < -0.3 is 9.88 Å².